The lowest BCUT2D eigenvalue weighted by Crippen LogP contribution is -2.21. The summed E-state index contributed by atoms with van der Waals surface area (Å²) >= 11 is 1.50. The van der Waals surface area contributed by atoms with Gasteiger partial charge in [-0.2, -0.15) is 13.2 Å². The molecule has 0 saturated carbocycles. The number of halogens is 3. The molecule has 0 aliphatic rings. The molecule has 0 aromatic heterocycles. The maximum absolute atomic E-state index is 11.9. The smallest absolute Gasteiger partial charge is 0.371 e. The van der Waals surface area contributed by atoms with E-state index in [-0.39, 0.29) is 6.61 Å². The lowest BCUT2D eigenvalue weighted by molar-refractivity contribution is -0.172. The van der Waals surface area contributed by atoms with Crippen LogP contribution in [0.4, 0.5) is 13.2 Å². The predicted molar refractivity (Wildman–Crippen MR) is 76.0 cm³/mol. The highest BCUT2D eigenvalue weighted by Gasteiger charge is 2.27. The summed E-state index contributed by atoms with van der Waals surface area (Å²) in [5.41, 5.74) is 1.17. The molecule has 20 heavy (non-hydrogen) atoms. The van der Waals surface area contributed by atoms with Crippen molar-refractivity contribution in [1.29, 1.82) is 0 Å². The lowest BCUT2D eigenvalue weighted by Gasteiger charge is -2.10. The Kier molecular flexibility index (Phi) is 7.40. The van der Waals surface area contributed by atoms with Crippen LogP contribution in [-0.4, -0.2) is 31.2 Å². The Morgan fingerprint density at radius 1 is 1.30 bits per heavy atom. The van der Waals surface area contributed by atoms with Gasteiger partial charge < -0.3 is 10.1 Å². The van der Waals surface area contributed by atoms with Gasteiger partial charge in [0.05, 0.1) is 6.61 Å². The highest BCUT2D eigenvalue weighted by atomic mass is 32.2. The molecule has 0 heterocycles. The van der Waals surface area contributed by atoms with Crippen molar-refractivity contribution in [3.63, 3.8) is 0 Å². The Morgan fingerprint density at radius 2 is 2.05 bits per heavy atom. The second-order valence-electron chi connectivity index (χ2n) is 4.70. The van der Waals surface area contributed by atoms with E-state index in [1.54, 1.807) is 0 Å². The molecule has 1 rings (SSSR count). The number of ether oxygens (including phenoxy) is 1. The number of alkyl halides is 3. The molecule has 0 unspecified atom stereocenters. The minimum Gasteiger partial charge on any atom is -0.371 e. The fraction of sp³-hybridized carbons (Fsp3) is 0.571. The lowest BCUT2D eigenvalue weighted by atomic mass is 10.2. The van der Waals surface area contributed by atoms with Gasteiger partial charge in [-0.15, -0.1) is 11.8 Å². The third-order valence-corrected chi connectivity index (χ3v) is 3.33. The second-order valence-corrected chi connectivity index (χ2v) is 5.87. The van der Waals surface area contributed by atoms with Gasteiger partial charge in [0.25, 0.3) is 0 Å². The maximum Gasteiger partial charge on any atom is 0.411 e. The molecule has 0 bridgehead atoms. The van der Waals surface area contributed by atoms with Gasteiger partial charge in [0.1, 0.15) is 6.61 Å². The molecule has 1 aromatic rings. The Morgan fingerprint density at radius 3 is 2.70 bits per heavy atom. The highest BCUT2D eigenvalue weighted by Crippen LogP contribution is 2.20. The molecule has 1 N–H and O–H groups in total. The number of hydrogen-bond acceptors (Lipinski definition) is 3. The predicted octanol–water partition coefficient (Wildman–Crippen LogP) is 3.86. The number of rotatable bonds is 8. The van der Waals surface area contributed by atoms with Gasteiger partial charge in [-0.3, -0.25) is 0 Å². The molecule has 1 aromatic carbocycles. The van der Waals surface area contributed by atoms with Gasteiger partial charge >= 0.3 is 6.18 Å². The Balaban J connectivity index is 2.28. The zero-order valence-electron chi connectivity index (χ0n) is 11.7. The van der Waals surface area contributed by atoms with Gasteiger partial charge in [-0.05, 0) is 17.7 Å². The first-order valence-corrected chi connectivity index (χ1v) is 7.45. The molecule has 0 saturated heterocycles. The molecule has 2 nitrogen and oxygen atoms in total. The van der Waals surface area contributed by atoms with Crippen molar-refractivity contribution in [3.05, 3.63) is 29.8 Å². The molecule has 0 aliphatic carbocycles. The molecule has 0 spiro atoms. The summed E-state index contributed by atoms with van der Waals surface area (Å²) < 4.78 is 40.2. The van der Waals surface area contributed by atoms with E-state index < -0.39 is 12.8 Å². The van der Waals surface area contributed by atoms with Gasteiger partial charge in [0, 0.05) is 23.2 Å². The van der Waals surface area contributed by atoms with Crippen LogP contribution in [0.3, 0.4) is 0 Å². The molecule has 6 heteroatoms. The van der Waals surface area contributed by atoms with Crippen molar-refractivity contribution in [2.45, 2.75) is 37.5 Å². The van der Waals surface area contributed by atoms with E-state index in [2.05, 4.69) is 23.9 Å². The normalized spacial score (nSPS) is 12.1. The zero-order chi connectivity index (χ0) is 15.0. The quantitative estimate of drug-likeness (QED) is 0.582. The molecule has 0 radical (unpaired) electrons. The van der Waals surface area contributed by atoms with Crippen molar-refractivity contribution < 1.29 is 17.9 Å². The van der Waals surface area contributed by atoms with E-state index in [0.29, 0.717) is 11.8 Å². The fourth-order valence-corrected chi connectivity index (χ4v) is 2.32. The fourth-order valence-electron chi connectivity index (χ4n) is 1.47. The molecule has 114 valence electrons. The van der Waals surface area contributed by atoms with Gasteiger partial charge in [0.2, 0.25) is 0 Å². The molecule has 0 aliphatic heterocycles. The number of nitrogens with one attached hydrogen (secondary N) is 1. The van der Waals surface area contributed by atoms with E-state index in [1.807, 2.05) is 24.3 Å². The van der Waals surface area contributed by atoms with E-state index in [9.17, 15) is 13.2 Å². The van der Waals surface area contributed by atoms with Crippen LogP contribution in [0.5, 0.6) is 0 Å². The Hall–Kier alpha value is -0.720. The van der Waals surface area contributed by atoms with Crippen LogP contribution < -0.4 is 5.32 Å². The third-order valence-electron chi connectivity index (χ3n) is 2.38. The zero-order valence-corrected chi connectivity index (χ0v) is 12.5. The van der Waals surface area contributed by atoms with Gasteiger partial charge in [-0.25, -0.2) is 0 Å². The standard InChI is InChI=1S/C14H20F3NOS/c1-11(2)18-9-12-4-3-5-13(8-12)20-7-6-19-10-14(15,16)17/h3-5,8,11,18H,6-7,9-10H2,1-2H3. The van der Waals surface area contributed by atoms with Crippen LogP contribution in [0, 0.1) is 0 Å². The first-order chi connectivity index (χ1) is 9.37. The van der Waals surface area contributed by atoms with Crippen LogP contribution in [0.25, 0.3) is 0 Å². The van der Waals surface area contributed by atoms with Crippen molar-refractivity contribution in [3.8, 4) is 0 Å². The van der Waals surface area contributed by atoms with Crippen molar-refractivity contribution >= 4 is 11.8 Å². The SMILES string of the molecule is CC(C)NCc1cccc(SCCOCC(F)(F)F)c1. The monoisotopic (exact) mass is 307 g/mol. The third kappa shape index (κ3) is 8.45. The second kappa shape index (κ2) is 8.54. The van der Waals surface area contributed by atoms with Crippen LogP contribution in [0.2, 0.25) is 0 Å². The van der Waals surface area contributed by atoms with Crippen molar-refractivity contribution in [2.75, 3.05) is 19.0 Å². The average molecular weight is 307 g/mol. The molecular weight excluding hydrogens is 287 g/mol. The first kappa shape index (κ1) is 17.3. The summed E-state index contributed by atoms with van der Waals surface area (Å²) in [6.07, 6.45) is -4.24. The molecular formula is C14H20F3NOS. The number of thioether (sulfide) groups is 1. The number of benzene rings is 1. The summed E-state index contributed by atoms with van der Waals surface area (Å²) in [4.78, 5) is 1.05. The summed E-state index contributed by atoms with van der Waals surface area (Å²) in [6.45, 7) is 3.87. The first-order valence-electron chi connectivity index (χ1n) is 6.46. The van der Waals surface area contributed by atoms with E-state index in [1.165, 1.54) is 17.3 Å². The Labute approximate surface area is 122 Å². The van der Waals surface area contributed by atoms with Crippen LogP contribution >= 0.6 is 11.8 Å². The van der Waals surface area contributed by atoms with Crippen molar-refractivity contribution in [1.82, 2.24) is 5.32 Å². The molecule has 0 atom stereocenters. The molecule has 0 fully saturated rings. The van der Waals surface area contributed by atoms with E-state index >= 15 is 0 Å². The van der Waals surface area contributed by atoms with Crippen LogP contribution in [0.15, 0.2) is 29.2 Å². The minimum absolute atomic E-state index is 0.0959. The van der Waals surface area contributed by atoms with Crippen molar-refractivity contribution in [2.24, 2.45) is 0 Å². The number of hydrogen-bond donors (Lipinski definition) is 1. The van der Waals surface area contributed by atoms with E-state index in [4.69, 9.17) is 0 Å². The summed E-state index contributed by atoms with van der Waals surface area (Å²) in [6, 6.07) is 8.40. The Bertz CT molecular complexity index is 396. The average Bonchev–Trinajstić information content (AvgIpc) is 2.35. The minimum atomic E-state index is -4.24. The van der Waals surface area contributed by atoms with Crippen LogP contribution in [0.1, 0.15) is 19.4 Å². The largest absolute Gasteiger partial charge is 0.411 e. The van der Waals surface area contributed by atoms with E-state index in [0.717, 1.165) is 11.4 Å². The summed E-state index contributed by atoms with van der Waals surface area (Å²) in [5, 5.41) is 3.32. The summed E-state index contributed by atoms with van der Waals surface area (Å²) in [7, 11) is 0. The molecule has 0 amide bonds. The van der Waals surface area contributed by atoms with Gasteiger partial charge in [0.15, 0.2) is 0 Å². The topological polar surface area (TPSA) is 21.3 Å². The maximum atomic E-state index is 11.9. The summed E-state index contributed by atoms with van der Waals surface area (Å²) in [5.74, 6) is 0.511. The van der Waals surface area contributed by atoms with Gasteiger partial charge in [-0.1, -0.05) is 26.0 Å². The van der Waals surface area contributed by atoms with Crippen LogP contribution in [-0.2, 0) is 11.3 Å². The highest BCUT2D eigenvalue weighted by molar-refractivity contribution is 7.99.